The molecule has 6 atom stereocenters. The lowest BCUT2D eigenvalue weighted by molar-refractivity contribution is 0.114. The number of hydrogen-bond donors (Lipinski definition) is 0. The molecule has 0 radical (unpaired) electrons. The molecule has 0 amide bonds. The summed E-state index contributed by atoms with van der Waals surface area (Å²) in [6.07, 6.45) is 24.4. The van der Waals surface area contributed by atoms with Gasteiger partial charge in [0.2, 0.25) is 0 Å². The molecule has 6 aliphatic heterocycles. The lowest BCUT2D eigenvalue weighted by Gasteiger charge is -2.38. The molecule has 6 unspecified atom stereocenters. The number of pyridine rings is 1. The quantitative estimate of drug-likeness (QED) is 0.171. The van der Waals surface area contributed by atoms with Crippen LogP contribution in [0, 0.1) is 13.8 Å². The molecule has 6 fully saturated rings. The zero-order chi connectivity index (χ0) is 48.8. The van der Waals surface area contributed by atoms with Crippen LogP contribution in [0.2, 0.25) is 0 Å². The van der Waals surface area contributed by atoms with Crippen LogP contribution in [0.1, 0.15) is 131 Å². The van der Waals surface area contributed by atoms with Crippen LogP contribution in [0.5, 0.6) is 0 Å². The Bertz CT molecular complexity index is 3620. The molecule has 6 bridgehead atoms. The summed E-state index contributed by atoms with van der Waals surface area (Å²) in [6, 6.07) is 44.5. The molecule has 5 aromatic heterocycles. The number of hydrogen-bond acceptors (Lipinski definition) is 6. The summed E-state index contributed by atoms with van der Waals surface area (Å²) in [6.45, 7) is 8.00. The molecule has 11 heterocycles. The van der Waals surface area contributed by atoms with Gasteiger partial charge in [0, 0.05) is 111 Å². The van der Waals surface area contributed by atoms with Crippen molar-refractivity contribution in [1.29, 1.82) is 0 Å². The van der Waals surface area contributed by atoms with Crippen molar-refractivity contribution < 1.29 is 0 Å². The molecule has 4 aromatic carbocycles. The van der Waals surface area contributed by atoms with Crippen molar-refractivity contribution in [2.45, 2.75) is 172 Å². The fraction of sp³-hybridized carbons (Fsp3) is 0.462. The van der Waals surface area contributed by atoms with Crippen molar-refractivity contribution in [2.75, 3.05) is 19.6 Å². The van der Waals surface area contributed by atoms with Crippen molar-refractivity contribution >= 4 is 38.6 Å². The number of imidazole rings is 3. The molecule has 0 spiro atoms. The van der Waals surface area contributed by atoms with Gasteiger partial charge in [-0.1, -0.05) is 80.8 Å². The topological polar surface area (TPSA) is 67.6 Å². The highest BCUT2D eigenvalue weighted by Crippen LogP contribution is 2.46. The van der Waals surface area contributed by atoms with E-state index in [9.17, 15) is 0 Å². The molecule has 9 aromatic rings. The highest BCUT2D eigenvalue weighted by Gasteiger charge is 2.46. The van der Waals surface area contributed by atoms with Crippen LogP contribution in [0.25, 0.3) is 60.9 Å². The lowest BCUT2D eigenvalue weighted by Crippen LogP contribution is -2.43. The van der Waals surface area contributed by atoms with Crippen molar-refractivity contribution in [1.82, 2.24) is 47.8 Å². The van der Waals surface area contributed by atoms with Gasteiger partial charge in [0.1, 0.15) is 17.5 Å². The van der Waals surface area contributed by atoms with Crippen LogP contribution in [-0.4, -0.2) is 104 Å². The van der Waals surface area contributed by atoms with E-state index >= 15 is 0 Å². The average molecular weight is 995 g/mol. The molecule has 10 heteroatoms. The molecule has 3 aliphatic carbocycles. The number of aryl methyl sites for hydroxylation is 2. The van der Waals surface area contributed by atoms with E-state index in [1.807, 2.05) is 0 Å². The van der Waals surface area contributed by atoms with Crippen LogP contribution in [0.3, 0.4) is 0 Å². The fourth-order valence-corrected chi connectivity index (χ4v) is 15.6. The average Bonchev–Trinajstić information content (AvgIpc) is 4.25. The van der Waals surface area contributed by atoms with E-state index in [1.54, 1.807) is 0 Å². The van der Waals surface area contributed by atoms with Crippen LogP contribution >= 0.6 is 0 Å². The molecule has 384 valence electrons. The van der Waals surface area contributed by atoms with E-state index in [-0.39, 0.29) is 7.43 Å². The third-order valence-electron chi connectivity index (χ3n) is 20.0. The number of nitrogens with zero attached hydrogens (tertiary/aromatic N) is 10. The molecule has 3 saturated carbocycles. The lowest BCUT2D eigenvalue weighted by atomic mass is 9.90. The predicted molar refractivity (Wildman–Crippen MR) is 304 cm³/mol. The minimum absolute atomic E-state index is 0. The van der Waals surface area contributed by atoms with Crippen molar-refractivity contribution in [3.8, 4) is 22.3 Å². The molecule has 18 rings (SSSR count). The van der Waals surface area contributed by atoms with E-state index in [1.165, 1.54) is 181 Å². The second kappa shape index (κ2) is 18.0. The van der Waals surface area contributed by atoms with Crippen molar-refractivity contribution in [3.05, 3.63) is 144 Å². The number of likely N-dealkylation sites (tertiary alicyclic amines) is 3. The van der Waals surface area contributed by atoms with Gasteiger partial charge in [0.25, 0.3) is 0 Å². The molecule has 0 N–H and O–H groups in total. The molecule has 3 saturated heterocycles. The number of benzene rings is 4. The summed E-state index contributed by atoms with van der Waals surface area (Å²) in [5, 5.41) is 0. The SMILES string of the molecule is C.Cc1ccc(-c2ccc3c(c2)nc2n3C3CC(C2)N(C2CCC2)C3)cc1.Cc1ccc2c(c1)nc1n2C2CC(C1)N(C1CCC1)C2.c1cc2ccc(-c3ccc4c(c3)nc3n4C4CC(C3)N(C3CCC3)C4)cn2c1. The smallest absolute Gasteiger partial charge is 0.111 e. The summed E-state index contributed by atoms with van der Waals surface area (Å²) >= 11 is 0. The van der Waals surface area contributed by atoms with Gasteiger partial charge < -0.3 is 18.1 Å². The van der Waals surface area contributed by atoms with Gasteiger partial charge >= 0.3 is 0 Å². The van der Waals surface area contributed by atoms with Crippen LogP contribution in [-0.2, 0) is 19.3 Å². The fourth-order valence-electron chi connectivity index (χ4n) is 15.6. The van der Waals surface area contributed by atoms with E-state index in [2.05, 4.69) is 162 Å². The normalized spacial score (nSPS) is 25.9. The maximum absolute atomic E-state index is 5.10. The van der Waals surface area contributed by atoms with Crippen molar-refractivity contribution in [2.24, 2.45) is 0 Å². The van der Waals surface area contributed by atoms with Gasteiger partial charge in [-0.15, -0.1) is 0 Å². The van der Waals surface area contributed by atoms with Crippen LogP contribution in [0.4, 0.5) is 0 Å². The van der Waals surface area contributed by atoms with Crippen molar-refractivity contribution in [3.63, 3.8) is 0 Å². The molecule has 75 heavy (non-hydrogen) atoms. The Kier molecular flexibility index (Phi) is 11.1. The van der Waals surface area contributed by atoms with Crippen LogP contribution < -0.4 is 0 Å². The highest BCUT2D eigenvalue weighted by molar-refractivity contribution is 5.84. The highest BCUT2D eigenvalue weighted by atomic mass is 15.3. The van der Waals surface area contributed by atoms with Gasteiger partial charge in [-0.25, -0.2) is 15.0 Å². The van der Waals surface area contributed by atoms with Gasteiger partial charge in [-0.3, -0.25) is 14.7 Å². The first-order chi connectivity index (χ1) is 36.4. The van der Waals surface area contributed by atoms with E-state index < -0.39 is 0 Å². The standard InChI is InChI=1S/C24H24N4.C23H25N3.C17H21N3.CH4/c1-3-19(4-1)27-15-21-12-20(27)13-24-25-22-11-16(7-9-23(22)28(21)24)17-6-8-18-5-2-10-26(18)14-17;1-15-5-7-16(8-6-15)17-9-10-22-21(11-17)24-23-13-19-12-20(26(22)23)14-25(19)18-3-2-4-18;1-11-5-6-16-15(7-11)18-17-9-13-8-14(20(16)17)10-19(13)12-3-2-4-12;/h2,5-11,14,19-21H,1,3-4,12-13,15H2;5-11,18-20H,2-4,12-14H2,1H3;5-7,12-14H,2-4,8-10H2,1H3;1H4. The minimum atomic E-state index is 0. The number of aromatic nitrogens is 7. The first kappa shape index (κ1) is 46.2. The first-order valence-corrected chi connectivity index (χ1v) is 28.8. The number of fused-ring (bicyclic) bond motifs is 19. The largest absolute Gasteiger partial charge is 0.323 e. The van der Waals surface area contributed by atoms with E-state index in [0.29, 0.717) is 18.1 Å². The number of rotatable bonds is 5. The summed E-state index contributed by atoms with van der Waals surface area (Å²) in [5.41, 5.74) is 16.4. The Morgan fingerprint density at radius 2 is 0.813 bits per heavy atom. The molecular formula is C65H74N10. The van der Waals surface area contributed by atoms with Gasteiger partial charge in [-0.2, -0.15) is 0 Å². The Morgan fingerprint density at radius 1 is 0.400 bits per heavy atom. The summed E-state index contributed by atoms with van der Waals surface area (Å²) in [7, 11) is 0. The third kappa shape index (κ3) is 7.69. The molecule has 10 nitrogen and oxygen atoms in total. The van der Waals surface area contributed by atoms with E-state index in [4.69, 9.17) is 15.0 Å². The van der Waals surface area contributed by atoms with E-state index in [0.717, 1.165) is 61.0 Å². The van der Waals surface area contributed by atoms with Gasteiger partial charge in [-0.05, 0) is 154 Å². The minimum Gasteiger partial charge on any atom is -0.323 e. The summed E-state index contributed by atoms with van der Waals surface area (Å²) in [5.74, 6) is 3.94. The summed E-state index contributed by atoms with van der Waals surface area (Å²) in [4.78, 5) is 23.5. The van der Waals surface area contributed by atoms with Gasteiger partial charge in [0.15, 0.2) is 0 Å². The van der Waals surface area contributed by atoms with Crippen LogP contribution in [0.15, 0.2) is 116 Å². The second-order valence-corrected chi connectivity index (χ2v) is 24.3. The Hall–Kier alpha value is -6.07. The molecule has 9 aliphatic rings. The zero-order valence-corrected chi connectivity index (χ0v) is 43.4. The summed E-state index contributed by atoms with van der Waals surface area (Å²) < 4.78 is 9.85. The first-order valence-electron chi connectivity index (χ1n) is 28.8. The molecular weight excluding hydrogens is 921 g/mol. The predicted octanol–water partition coefficient (Wildman–Crippen LogP) is 13.1. The Labute approximate surface area is 442 Å². The zero-order valence-electron chi connectivity index (χ0n) is 43.4. The monoisotopic (exact) mass is 995 g/mol. The Morgan fingerprint density at radius 3 is 1.28 bits per heavy atom. The maximum atomic E-state index is 5.10. The maximum Gasteiger partial charge on any atom is 0.111 e. The second-order valence-electron chi connectivity index (χ2n) is 24.3. The third-order valence-corrected chi connectivity index (χ3v) is 20.0. The Balaban J connectivity index is 0.0000000997. The van der Waals surface area contributed by atoms with Gasteiger partial charge in [0.05, 0.1) is 33.1 Å².